The summed E-state index contributed by atoms with van der Waals surface area (Å²) in [4.78, 5) is 27.8. The number of methoxy groups -OCH3 is 1. The zero-order valence-corrected chi connectivity index (χ0v) is 16.1. The third-order valence-corrected chi connectivity index (χ3v) is 4.95. The summed E-state index contributed by atoms with van der Waals surface area (Å²) < 4.78 is 4.96. The van der Waals surface area contributed by atoms with Gasteiger partial charge in [-0.25, -0.2) is 0 Å². The van der Waals surface area contributed by atoms with Gasteiger partial charge in [-0.2, -0.15) is 0 Å². The van der Waals surface area contributed by atoms with Crippen LogP contribution in [0, 0.1) is 10.1 Å². The van der Waals surface area contributed by atoms with Crippen molar-refractivity contribution in [3.8, 4) is 5.75 Å². The molecule has 2 aromatic rings. The van der Waals surface area contributed by atoms with Gasteiger partial charge in [-0.3, -0.25) is 14.9 Å². The SMILES string of the molecule is CCN1CCN(c2ccc(NC(=O)c3ccc(OC)c([N+](=O)[O-])c3)cc2)CC1. The fraction of sp³-hybridized carbons (Fsp3) is 0.350. The minimum absolute atomic E-state index is 0.120. The zero-order valence-electron chi connectivity index (χ0n) is 16.1. The summed E-state index contributed by atoms with van der Waals surface area (Å²) in [6.45, 7) is 7.30. The van der Waals surface area contributed by atoms with E-state index in [0.29, 0.717) is 5.69 Å². The van der Waals surface area contributed by atoms with E-state index >= 15 is 0 Å². The first-order valence-corrected chi connectivity index (χ1v) is 9.23. The second kappa shape index (κ2) is 8.71. The highest BCUT2D eigenvalue weighted by atomic mass is 16.6. The first kappa shape index (κ1) is 19.6. The van der Waals surface area contributed by atoms with Crippen LogP contribution in [-0.4, -0.2) is 55.6 Å². The number of carbonyl (C=O) groups is 1. The average molecular weight is 384 g/mol. The van der Waals surface area contributed by atoms with Crippen molar-refractivity contribution in [2.45, 2.75) is 6.92 Å². The highest BCUT2D eigenvalue weighted by molar-refractivity contribution is 6.04. The molecule has 1 aliphatic rings. The van der Waals surface area contributed by atoms with E-state index in [1.807, 2.05) is 24.3 Å². The standard InChI is InChI=1S/C20H24N4O4/c1-3-22-10-12-23(13-11-22)17-7-5-16(6-8-17)21-20(25)15-4-9-19(28-2)18(14-15)24(26)27/h4-9,14H,3,10-13H2,1-2H3,(H,21,25). The predicted octanol–water partition coefficient (Wildman–Crippen LogP) is 3.00. The number of amides is 1. The molecule has 0 aromatic heterocycles. The molecule has 0 aliphatic carbocycles. The monoisotopic (exact) mass is 384 g/mol. The van der Waals surface area contributed by atoms with Gasteiger partial charge in [-0.15, -0.1) is 0 Å². The number of ether oxygens (including phenoxy) is 1. The molecule has 8 nitrogen and oxygen atoms in total. The summed E-state index contributed by atoms with van der Waals surface area (Å²) in [5, 5.41) is 13.9. The Bertz CT molecular complexity index is 846. The van der Waals surface area contributed by atoms with Crippen molar-refractivity contribution < 1.29 is 14.5 Å². The van der Waals surface area contributed by atoms with Gasteiger partial charge in [0.2, 0.25) is 0 Å². The van der Waals surface area contributed by atoms with Crippen LogP contribution in [0.3, 0.4) is 0 Å². The fourth-order valence-corrected chi connectivity index (χ4v) is 3.26. The maximum atomic E-state index is 12.5. The van der Waals surface area contributed by atoms with Crippen LogP contribution in [-0.2, 0) is 0 Å². The van der Waals surface area contributed by atoms with E-state index in [9.17, 15) is 14.9 Å². The Labute approximate surface area is 163 Å². The van der Waals surface area contributed by atoms with Gasteiger partial charge in [0.05, 0.1) is 12.0 Å². The molecular weight excluding hydrogens is 360 g/mol. The number of nitro groups is 1. The second-order valence-electron chi connectivity index (χ2n) is 6.57. The Morgan fingerprint density at radius 1 is 1.14 bits per heavy atom. The Morgan fingerprint density at radius 2 is 1.82 bits per heavy atom. The smallest absolute Gasteiger partial charge is 0.311 e. The van der Waals surface area contributed by atoms with E-state index in [1.54, 1.807) is 0 Å². The first-order chi connectivity index (χ1) is 13.5. The van der Waals surface area contributed by atoms with E-state index in [2.05, 4.69) is 22.0 Å². The van der Waals surface area contributed by atoms with Gasteiger partial charge in [0.15, 0.2) is 5.75 Å². The van der Waals surface area contributed by atoms with Crippen LogP contribution < -0.4 is 15.0 Å². The number of nitro benzene ring substituents is 1. The number of piperazine rings is 1. The number of benzene rings is 2. The number of nitrogens with zero attached hydrogens (tertiary/aromatic N) is 3. The highest BCUT2D eigenvalue weighted by Crippen LogP contribution is 2.28. The Balaban J connectivity index is 1.66. The van der Waals surface area contributed by atoms with Gasteiger partial charge in [-0.1, -0.05) is 6.92 Å². The summed E-state index contributed by atoms with van der Waals surface area (Å²) in [5.41, 5.74) is 1.72. The highest BCUT2D eigenvalue weighted by Gasteiger charge is 2.19. The van der Waals surface area contributed by atoms with Crippen molar-refractivity contribution in [2.24, 2.45) is 0 Å². The van der Waals surface area contributed by atoms with Crippen LogP contribution in [0.5, 0.6) is 5.75 Å². The maximum Gasteiger partial charge on any atom is 0.311 e. The van der Waals surface area contributed by atoms with Crippen LogP contribution in [0.2, 0.25) is 0 Å². The van der Waals surface area contributed by atoms with Crippen LogP contribution in [0.15, 0.2) is 42.5 Å². The third-order valence-electron chi connectivity index (χ3n) is 4.95. The molecule has 0 bridgehead atoms. The number of anilines is 2. The average Bonchev–Trinajstić information content (AvgIpc) is 2.73. The van der Waals surface area contributed by atoms with Crippen molar-refractivity contribution >= 4 is 23.0 Å². The van der Waals surface area contributed by atoms with Gasteiger partial charge in [-0.05, 0) is 42.9 Å². The summed E-state index contributed by atoms with van der Waals surface area (Å²) in [7, 11) is 1.35. The normalized spacial score (nSPS) is 14.6. The summed E-state index contributed by atoms with van der Waals surface area (Å²) in [5.74, 6) is -0.288. The zero-order chi connectivity index (χ0) is 20.1. The van der Waals surface area contributed by atoms with Gasteiger partial charge in [0.25, 0.3) is 5.91 Å². The van der Waals surface area contributed by atoms with Gasteiger partial charge >= 0.3 is 5.69 Å². The Kier molecular flexibility index (Phi) is 6.10. The molecule has 0 atom stereocenters. The molecule has 1 fully saturated rings. The van der Waals surface area contributed by atoms with Crippen molar-refractivity contribution in [1.82, 2.24) is 4.90 Å². The first-order valence-electron chi connectivity index (χ1n) is 9.23. The number of likely N-dealkylation sites (N-methyl/N-ethyl adjacent to an activating group) is 1. The largest absolute Gasteiger partial charge is 0.490 e. The van der Waals surface area contributed by atoms with E-state index < -0.39 is 10.8 Å². The van der Waals surface area contributed by atoms with Gasteiger partial charge < -0.3 is 19.9 Å². The van der Waals surface area contributed by atoms with E-state index in [0.717, 1.165) is 38.4 Å². The van der Waals surface area contributed by atoms with Gasteiger partial charge in [0, 0.05) is 49.2 Å². The topological polar surface area (TPSA) is 88.0 Å². The molecule has 148 valence electrons. The molecule has 1 N–H and O–H groups in total. The van der Waals surface area contributed by atoms with Crippen LogP contribution in [0.4, 0.5) is 17.1 Å². The molecule has 1 saturated heterocycles. The lowest BCUT2D eigenvalue weighted by Crippen LogP contribution is -2.46. The molecular formula is C20H24N4O4. The molecule has 8 heteroatoms. The van der Waals surface area contributed by atoms with Crippen molar-refractivity contribution in [2.75, 3.05) is 50.1 Å². The predicted molar refractivity (Wildman–Crippen MR) is 108 cm³/mol. The van der Waals surface area contributed by atoms with Crippen LogP contribution in [0.25, 0.3) is 0 Å². The molecule has 28 heavy (non-hydrogen) atoms. The minimum Gasteiger partial charge on any atom is -0.490 e. The van der Waals surface area contributed by atoms with Crippen molar-refractivity contribution in [3.05, 3.63) is 58.1 Å². The van der Waals surface area contributed by atoms with E-state index in [4.69, 9.17) is 4.74 Å². The number of rotatable bonds is 6. The quantitative estimate of drug-likeness (QED) is 0.608. The van der Waals surface area contributed by atoms with E-state index in [-0.39, 0.29) is 17.0 Å². The third kappa shape index (κ3) is 4.40. The Morgan fingerprint density at radius 3 is 2.39 bits per heavy atom. The lowest BCUT2D eigenvalue weighted by molar-refractivity contribution is -0.385. The summed E-state index contributed by atoms with van der Waals surface area (Å²) in [6.07, 6.45) is 0. The number of hydrogen-bond acceptors (Lipinski definition) is 6. The van der Waals surface area contributed by atoms with E-state index in [1.165, 1.54) is 25.3 Å². The number of nitrogens with one attached hydrogen (secondary N) is 1. The van der Waals surface area contributed by atoms with Gasteiger partial charge in [0.1, 0.15) is 0 Å². The molecule has 0 radical (unpaired) electrons. The molecule has 1 heterocycles. The molecule has 3 rings (SSSR count). The molecule has 1 amide bonds. The Hall–Kier alpha value is -3.13. The number of carbonyl (C=O) groups excluding carboxylic acids is 1. The fourth-order valence-electron chi connectivity index (χ4n) is 3.26. The van der Waals surface area contributed by atoms with Crippen molar-refractivity contribution in [1.29, 1.82) is 0 Å². The summed E-state index contributed by atoms with van der Waals surface area (Å²) >= 11 is 0. The lowest BCUT2D eigenvalue weighted by atomic mass is 10.1. The molecule has 2 aromatic carbocycles. The maximum absolute atomic E-state index is 12.5. The number of hydrogen-bond donors (Lipinski definition) is 1. The summed E-state index contributed by atoms with van der Waals surface area (Å²) in [6, 6.07) is 11.8. The van der Waals surface area contributed by atoms with Crippen molar-refractivity contribution in [3.63, 3.8) is 0 Å². The lowest BCUT2D eigenvalue weighted by Gasteiger charge is -2.35. The molecule has 0 spiro atoms. The van der Waals surface area contributed by atoms with Crippen LogP contribution in [0.1, 0.15) is 17.3 Å². The minimum atomic E-state index is -0.567. The molecule has 1 aliphatic heterocycles. The van der Waals surface area contributed by atoms with Crippen LogP contribution >= 0.6 is 0 Å². The second-order valence-corrected chi connectivity index (χ2v) is 6.57. The molecule has 0 saturated carbocycles. The molecule has 0 unspecified atom stereocenters.